The third-order valence-electron chi connectivity index (χ3n) is 3.57. The Bertz CT molecular complexity index is 521. The second kappa shape index (κ2) is 6.39. The summed E-state index contributed by atoms with van der Waals surface area (Å²) < 4.78 is 5.15. The molecule has 0 aliphatic heterocycles. The monoisotopic (exact) mass is 295 g/mol. The Morgan fingerprint density at radius 2 is 2.15 bits per heavy atom. The molecule has 2 rings (SSSR count). The fraction of sp³-hybridized carbons (Fsp3) is 0.600. The van der Waals surface area contributed by atoms with Crippen LogP contribution in [0.1, 0.15) is 54.4 Å². The minimum absolute atomic E-state index is 0.0674. The highest BCUT2D eigenvalue weighted by Gasteiger charge is 2.28. The summed E-state index contributed by atoms with van der Waals surface area (Å²) in [5.41, 5.74) is 1.67. The van der Waals surface area contributed by atoms with E-state index in [0.29, 0.717) is 29.5 Å². The van der Waals surface area contributed by atoms with Gasteiger partial charge in [0.25, 0.3) is 0 Å². The maximum atomic E-state index is 12.2. The Kier molecular flexibility index (Phi) is 4.81. The minimum Gasteiger partial charge on any atom is -0.462 e. The zero-order valence-corrected chi connectivity index (χ0v) is 13.1. The Morgan fingerprint density at radius 3 is 2.80 bits per heavy atom. The van der Waals surface area contributed by atoms with Gasteiger partial charge in [0.15, 0.2) is 0 Å². The van der Waals surface area contributed by atoms with E-state index in [9.17, 15) is 9.59 Å². The molecule has 0 unspecified atom stereocenters. The highest BCUT2D eigenvalue weighted by atomic mass is 32.1. The number of amides is 1. The van der Waals surface area contributed by atoms with E-state index in [1.165, 1.54) is 16.2 Å². The molecule has 1 aromatic heterocycles. The largest absolute Gasteiger partial charge is 0.462 e. The number of esters is 1. The summed E-state index contributed by atoms with van der Waals surface area (Å²) in [6, 6.07) is 0. The minimum atomic E-state index is -0.314. The molecule has 1 aliphatic rings. The van der Waals surface area contributed by atoms with Crippen LogP contribution < -0.4 is 5.32 Å². The molecule has 0 radical (unpaired) electrons. The topological polar surface area (TPSA) is 55.4 Å². The summed E-state index contributed by atoms with van der Waals surface area (Å²) in [5.74, 6) is 0.249. The van der Waals surface area contributed by atoms with E-state index < -0.39 is 0 Å². The van der Waals surface area contributed by atoms with E-state index in [-0.39, 0.29) is 11.9 Å². The molecule has 110 valence electrons. The van der Waals surface area contributed by atoms with E-state index >= 15 is 0 Å². The van der Waals surface area contributed by atoms with Crippen LogP contribution in [0.15, 0.2) is 0 Å². The highest BCUT2D eigenvalue weighted by molar-refractivity contribution is 7.17. The molecule has 1 heterocycles. The quantitative estimate of drug-likeness (QED) is 0.866. The number of anilines is 1. The molecular formula is C15H21NO3S. The van der Waals surface area contributed by atoms with Crippen molar-refractivity contribution in [2.45, 2.75) is 46.5 Å². The standard InChI is InChI=1S/C15H21NO3S/c1-4-12(17)16-14-13(15(18)19-5-2)10-7-6-9(3)8-11(10)20-14/h9H,4-8H2,1-3H3,(H,16,17)/t9-/m1/s1. The molecule has 1 aromatic rings. The molecule has 0 spiro atoms. The molecule has 4 nitrogen and oxygen atoms in total. The van der Waals surface area contributed by atoms with Crippen molar-refractivity contribution in [2.75, 3.05) is 11.9 Å². The summed E-state index contributed by atoms with van der Waals surface area (Å²) in [4.78, 5) is 25.0. The second-order valence-corrected chi connectivity index (χ2v) is 6.28. The van der Waals surface area contributed by atoms with Crippen LogP contribution in [0.5, 0.6) is 0 Å². The molecular weight excluding hydrogens is 274 g/mol. The number of hydrogen-bond acceptors (Lipinski definition) is 4. The number of thiophene rings is 1. The lowest BCUT2D eigenvalue weighted by Gasteiger charge is -2.18. The van der Waals surface area contributed by atoms with Crippen LogP contribution in [0.25, 0.3) is 0 Å². The molecule has 5 heteroatoms. The maximum absolute atomic E-state index is 12.2. The van der Waals surface area contributed by atoms with Crippen molar-refractivity contribution in [3.05, 3.63) is 16.0 Å². The predicted molar refractivity (Wildman–Crippen MR) is 80.4 cm³/mol. The van der Waals surface area contributed by atoms with Crippen LogP contribution in [0.2, 0.25) is 0 Å². The molecule has 0 bridgehead atoms. The van der Waals surface area contributed by atoms with Crippen molar-refractivity contribution >= 4 is 28.2 Å². The summed E-state index contributed by atoms with van der Waals surface area (Å²) >= 11 is 1.53. The highest BCUT2D eigenvalue weighted by Crippen LogP contribution is 2.40. The van der Waals surface area contributed by atoms with Crippen molar-refractivity contribution in [1.29, 1.82) is 0 Å². The lowest BCUT2D eigenvalue weighted by Crippen LogP contribution is -2.16. The van der Waals surface area contributed by atoms with Gasteiger partial charge in [-0.2, -0.15) is 0 Å². The summed E-state index contributed by atoms with van der Waals surface area (Å²) in [6.45, 7) is 6.16. The number of carbonyl (C=O) groups excluding carboxylic acids is 2. The molecule has 1 aliphatic carbocycles. The van der Waals surface area contributed by atoms with Crippen LogP contribution in [0, 0.1) is 5.92 Å². The van der Waals surface area contributed by atoms with Gasteiger partial charge in [0.1, 0.15) is 5.00 Å². The first-order valence-corrected chi connectivity index (χ1v) is 7.99. The molecule has 1 N–H and O–H groups in total. The predicted octanol–water partition coefficient (Wildman–Crippen LogP) is 3.40. The Labute approximate surface area is 123 Å². The van der Waals surface area contributed by atoms with E-state index in [1.807, 2.05) is 0 Å². The average molecular weight is 295 g/mol. The number of ether oxygens (including phenoxy) is 1. The smallest absolute Gasteiger partial charge is 0.341 e. The second-order valence-electron chi connectivity index (χ2n) is 5.18. The van der Waals surface area contributed by atoms with Crippen LogP contribution in [0.3, 0.4) is 0 Å². The fourth-order valence-electron chi connectivity index (χ4n) is 2.47. The van der Waals surface area contributed by atoms with Gasteiger partial charge in [-0.1, -0.05) is 13.8 Å². The van der Waals surface area contributed by atoms with Crippen molar-refractivity contribution in [3.8, 4) is 0 Å². The third-order valence-corrected chi connectivity index (χ3v) is 4.74. The van der Waals surface area contributed by atoms with Gasteiger partial charge in [0.2, 0.25) is 5.91 Å². The zero-order chi connectivity index (χ0) is 14.7. The first-order chi connectivity index (χ1) is 9.56. The number of rotatable bonds is 4. The van der Waals surface area contributed by atoms with Gasteiger partial charge in [0, 0.05) is 11.3 Å². The van der Waals surface area contributed by atoms with Gasteiger partial charge in [0.05, 0.1) is 12.2 Å². The average Bonchev–Trinajstić information content (AvgIpc) is 2.75. The van der Waals surface area contributed by atoms with Gasteiger partial charge in [-0.25, -0.2) is 4.79 Å². The number of nitrogens with one attached hydrogen (secondary N) is 1. The van der Waals surface area contributed by atoms with Crippen molar-refractivity contribution in [3.63, 3.8) is 0 Å². The SMILES string of the molecule is CCOC(=O)c1c(NC(=O)CC)sc2c1CC[C@@H](C)C2. The number of hydrogen-bond donors (Lipinski definition) is 1. The van der Waals surface area contributed by atoms with Gasteiger partial charge in [-0.3, -0.25) is 4.79 Å². The first-order valence-electron chi connectivity index (χ1n) is 7.18. The molecule has 1 amide bonds. The molecule has 0 aromatic carbocycles. The van der Waals surface area contributed by atoms with Gasteiger partial charge >= 0.3 is 5.97 Å². The summed E-state index contributed by atoms with van der Waals surface area (Å²) in [6.07, 6.45) is 3.36. The van der Waals surface area contributed by atoms with E-state index in [0.717, 1.165) is 24.8 Å². The molecule has 0 fully saturated rings. The molecule has 20 heavy (non-hydrogen) atoms. The molecule has 0 saturated heterocycles. The van der Waals surface area contributed by atoms with Crippen LogP contribution in [0.4, 0.5) is 5.00 Å². The summed E-state index contributed by atoms with van der Waals surface area (Å²) in [5, 5.41) is 3.51. The van der Waals surface area contributed by atoms with Crippen molar-refractivity contribution in [2.24, 2.45) is 5.92 Å². The molecule has 1 atom stereocenters. The Balaban J connectivity index is 2.39. The Hall–Kier alpha value is -1.36. The van der Waals surface area contributed by atoms with Crippen molar-refractivity contribution in [1.82, 2.24) is 0 Å². The van der Waals surface area contributed by atoms with E-state index in [1.54, 1.807) is 13.8 Å². The molecule has 0 saturated carbocycles. The van der Waals surface area contributed by atoms with Crippen molar-refractivity contribution < 1.29 is 14.3 Å². The maximum Gasteiger partial charge on any atom is 0.341 e. The van der Waals surface area contributed by atoms with E-state index in [4.69, 9.17) is 4.74 Å². The Morgan fingerprint density at radius 1 is 1.40 bits per heavy atom. The number of fused-ring (bicyclic) bond motifs is 1. The van der Waals surface area contributed by atoms with Crippen LogP contribution in [-0.2, 0) is 22.4 Å². The third kappa shape index (κ3) is 3.03. The number of carbonyl (C=O) groups is 2. The van der Waals surface area contributed by atoms with Crippen LogP contribution >= 0.6 is 11.3 Å². The summed E-state index contributed by atoms with van der Waals surface area (Å²) in [7, 11) is 0. The van der Waals surface area contributed by atoms with Gasteiger partial charge in [-0.15, -0.1) is 11.3 Å². The fourth-order valence-corrected chi connectivity index (χ4v) is 3.89. The van der Waals surface area contributed by atoms with Gasteiger partial charge < -0.3 is 10.1 Å². The first kappa shape index (κ1) is 15.0. The zero-order valence-electron chi connectivity index (χ0n) is 12.2. The van der Waals surface area contributed by atoms with Gasteiger partial charge in [-0.05, 0) is 37.7 Å². The lowest BCUT2D eigenvalue weighted by atomic mass is 9.88. The normalized spacial score (nSPS) is 17.4. The van der Waals surface area contributed by atoms with E-state index in [2.05, 4.69) is 12.2 Å². The van der Waals surface area contributed by atoms with Crippen LogP contribution in [-0.4, -0.2) is 18.5 Å². The lowest BCUT2D eigenvalue weighted by molar-refractivity contribution is -0.115.